The van der Waals surface area contributed by atoms with Crippen molar-refractivity contribution in [2.24, 2.45) is 0 Å². The average molecular weight is 363 g/mol. The van der Waals surface area contributed by atoms with Crippen LogP contribution in [0, 0.1) is 0 Å². The van der Waals surface area contributed by atoms with Crippen molar-refractivity contribution in [3.8, 4) is 11.5 Å². The molecule has 0 saturated carbocycles. The second-order valence-corrected chi connectivity index (χ2v) is 6.87. The molecular formula is C20H21N5O2. The summed E-state index contributed by atoms with van der Waals surface area (Å²) in [7, 11) is 0. The van der Waals surface area contributed by atoms with Gasteiger partial charge >= 0.3 is 0 Å². The molecule has 138 valence electrons. The van der Waals surface area contributed by atoms with Crippen molar-refractivity contribution in [3.05, 3.63) is 49.1 Å². The fourth-order valence-electron chi connectivity index (χ4n) is 3.56. The molecular weight excluding hydrogens is 342 g/mol. The van der Waals surface area contributed by atoms with Crippen LogP contribution in [-0.4, -0.2) is 65.3 Å². The normalized spacial score (nSPS) is 18.4. The third kappa shape index (κ3) is 3.31. The number of hydrogen-bond donors (Lipinski definition) is 0. The predicted octanol–water partition coefficient (Wildman–Crippen LogP) is 2.34. The van der Waals surface area contributed by atoms with Gasteiger partial charge in [-0.2, -0.15) is 0 Å². The lowest BCUT2D eigenvalue weighted by Crippen LogP contribution is -2.56. The van der Waals surface area contributed by atoms with E-state index in [1.807, 2.05) is 24.4 Å². The number of hydrogen-bond acceptors (Lipinski definition) is 7. The minimum absolute atomic E-state index is 0.598. The first-order valence-electron chi connectivity index (χ1n) is 9.26. The second kappa shape index (κ2) is 7.09. The number of rotatable bonds is 4. The molecule has 2 fully saturated rings. The molecule has 0 N–H and O–H groups in total. The summed E-state index contributed by atoms with van der Waals surface area (Å²) in [5.74, 6) is 2.44. The van der Waals surface area contributed by atoms with E-state index in [1.54, 1.807) is 18.6 Å². The average Bonchev–Trinajstić information content (AvgIpc) is 2.68. The quantitative estimate of drug-likeness (QED) is 0.705. The Labute approximate surface area is 157 Å². The van der Waals surface area contributed by atoms with E-state index in [-0.39, 0.29) is 0 Å². The van der Waals surface area contributed by atoms with Crippen molar-refractivity contribution in [3.63, 3.8) is 0 Å². The predicted molar refractivity (Wildman–Crippen MR) is 102 cm³/mol. The maximum Gasteiger partial charge on any atom is 0.145 e. The summed E-state index contributed by atoms with van der Waals surface area (Å²) in [6.07, 6.45) is 7.01. The van der Waals surface area contributed by atoms with Gasteiger partial charge in [-0.15, -0.1) is 0 Å². The molecule has 5 heterocycles. The summed E-state index contributed by atoms with van der Waals surface area (Å²) in [6, 6.07) is 8.31. The maximum atomic E-state index is 6.03. The van der Waals surface area contributed by atoms with Crippen molar-refractivity contribution < 1.29 is 9.47 Å². The van der Waals surface area contributed by atoms with Gasteiger partial charge in [0.15, 0.2) is 0 Å². The lowest BCUT2D eigenvalue weighted by molar-refractivity contribution is -0.0660. The Morgan fingerprint density at radius 2 is 1.89 bits per heavy atom. The summed E-state index contributed by atoms with van der Waals surface area (Å²) in [6.45, 7) is 5.76. The van der Waals surface area contributed by atoms with Crippen LogP contribution in [0.4, 0.5) is 5.82 Å². The Balaban J connectivity index is 1.38. The largest absolute Gasteiger partial charge is 0.455 e. The van der Waals surface area contributed by atoms with Gasteiger partial charge in [0.25, 0.3) is 0 Å². The zero-order valence-electron chi connectivity index (χ0n) is 15.0. The molecule has 0 aromatic carbocycles. The van der Waals surface area contributed by atoms with Crippen LogP contribution < -0.4 is 9.64 Å². The molecule has 0 aliphatic carbocycles. The van der Waals surface area contributed by atoms with Gasteiger partial charge in [0.2, 0.25) is 0 Å². The fraction of sp³-hybridized carbons (Fsp3) is 0.350. The number of piperazine rings is 1. The van der Waals surface area contributed by atoms with Gasteiger partial charge in [0.05, 0.1) is 37.2 Å². The Morgan fingerprint density at radius 3 is 2.63 bits per heavy atom. The van der Waals surface area contributed by atoms with Crippen LogP contribution in [-0.2, 0) is 4.74 Å². The van der Waals surface area contributed by atoms with E-state index in [4.69, 9.17) is 9.47 Å². The number of nitrogens with zero attached hydrogens (tertiary/aromatic N) is 5. The summed E-state index contributed by atoms with van der Waals surface area (Å²) in [5, 5.41) is 0.959. The Hall–Kier alpha value is -2.77. The second-order valence-electron chi connectivity index (χ2n) is 6.87. The van der Waals surface area contributed by atoms with Crippen molar-refractivity contribution in [2.75, 3.05) is 44.3 Å². The minimum Gasteiger partial charge on any atom is -0.455 e. The van der Waals surface area contributed by atoms with Gasteiger partial charge in [-0.1, -0.05) is 0 Å². The number of pyridine rings is 3. The first-order valence-corrected chi connectivity index (χ1v) is 9.26. The zero-order chi connectivity index (χ0) is 18.1. The lowest BCUT2D eigenvalue weighted by atomic mass is 10.1. The van der Waals surface area contributed by atoms with Crippen LogP contribution >= 0.6 is 0 Å². The van der Waals surface area contributed by atoms with Crippen molar-refractivity contribution in [1.29, 1.82) is 0 Å². The molecule has 0 amide bonds. The van der Waals surface area contributed by atoms with Crippen LogP contribution in [0.25, 0.3) is 10.9 Å². The first kappa shape index (κ1) is 16.4. The molecule has 2 saturated heterocycles. The van der Waals surface area contributed by atoms with E-state index in [0.717, 1.165) is 61.9 Å². The Morgan fingerprint density at radius 1 is 1.00 bits per heavy atom. The van der Waals surface area contributed by atoms with E-state index in [0.29, 0.717) is 11.8 Å². The summed E-state index contributed by atoms with van der Waals surface area (Å²) < 4.78 is 11.4. The van der Waals surface area contributed by atoms with E-state index in [1.165, 1.54) is 0 Å². The highest BCUT2D eigenvalue weighted by Gasteiger charge is 2.29. The smallest absolute Gasteiger partial charge is 0.145 e. The Bertz CT molecular complexity index is 924. The molecule has 3 aromatic rings. The molecule has 27 heavy (non-hydrogen) atoms. The third-order valence-corrected chi connectivity index (χ3v) is 5.21. The van der Waals surface area contributed by atoms with Crippen molar-refractivity contribution in [2.45, 2.75) is 6.04 Å². The molecule has 5 rings (SSSR count). The van der Waals surface area contributed by atoms with Crippen LogP contribution in [0.2, 0.25) is 0 Å². The highest BCUT2D eigenvalue weighted by molar-refractivity contribution is 5.86. The Kier molecular flexibility index (Phi) is 4.31. The van der Waals surface area contributed by atoms with Gasteiger partial charge in [-0.25, -0.2) is 4.98 Å². The van der Waals surface area contributed by atoms with E-state index in [2.05, 4.69) is 30.8 Å². The molecule has 0 spiro atoms. The lowest BCUT2D eigenvalue weighted by Gasteiger charge is -2.42. The summed E-state index contributed by atoms with van der Waals surface area (Å²) in [5.41, 5.74) is 0.824. The summed E-state index contributed by atoms with van der Waals surface area (Å²) in [4.78, 5) is 18.0. The minimum atomic E-state index is 0.598. The van der Waals surface area contributed by atoms with Crippen LogP contribution in [0.15, 0.2) is 49.1 Å². The monoisotopic (exact) mass is 363 g/mol. The van der Waals surface area contributed by atoms with Gasteiger partial charge in [0, 0.05) is 44.0 Å². The molecule has 0 bridgehead atoms. The molecule has 2 aliphatic heterocycles. The molecule has 7 heteroatoms. The van der Waals surface area contributed by atoms with Crippen molar-refractivity contribution >= 4 is 16.7 Å². The number of ether oxygens (including phenoxy) is 2. The molecule has 7 nitrogen and oxygen atoms in total. The maximum absolute atomic E-state index is 6.03. The standard InChI is InChI=1S/C20H21N5O2/c1-2-16(11-21-4-1)27-19-3-5-22-18-12-23-20(10-17(18)19)25-8-6-24(7-9-25)15-13-26-14-15/h1-5,10-12,15H,6-9,13-14H2. The van der Waals surface area contributed by atoms with Crippen LogP contribution in [0.5, 0.6) is 11.5 Å². The summed E-state index contributed by atoms with van der Waals surface area (Å²) >= 11 is 0. The molecule has 2 aliphatic rings. The molecule has 3 aromatic heterocycles. The fourth-order valence-corrected chi connectivity index (χ4v) is 3.56. The SMILES string of the molecule is c1cncc(Oc2ccnc3cnc(N4CCN(C5COC5)CC4)cc23)c1. The van der Waals surface area contributed by atoms with Crippen molar-refractivity contribution in [1.82, 2.24) is 19.9 Å². The molecule has 0 atom stereocenters. The van der Waals surface area contributed by atoms with E-state index in [9.17, 15) is 0 Å². The van der Waals surface area contributed by atoms with Gasteiger partial charge < -0.3 is 14.4 Å². The van der Waals surface area contributed by atoms with Gasteiger partial charge in [-0.3, -0.25) is 14.9 Å². The zero-order valence-corrected chi connectivity index (χ0v) is 15.0. The number of aromatic nitrogens is 3. The molecule has 0 radical (unpaired) electrons. The number of anilines is 1. The van der Waals surface area contributed by atoms with E-state index < -0.39 is 0 Å². The van der Waals surface area contributed by atoms with Crippen LogP contribution in [0.3, 0.4) is 0 Å². The first-order chi connectivity index (χ1) is 13.4. The highest BCUT2D eigenvalue weighted by Crippen LogP contribution is 2.30. The number of fused-ring (bicyclic) bond motifs is 1. The molecule has 0 unspecified atom stereocenters. The van der Waals surface area contributed by atoms with E-state index >= 15 is 0 Å². The van der Waals surface area contributed by atoms with Gasteiger partial charge in [0.1, 0.15) is 17.3 Å². The topological polar surface area (TPSA) is 63.6 Å². The third-order valence-electron chi connectivity index (χ3n) is 5.21. The van der Waals surface area contributed by atoms with Crippen LogP contribution in [0.1, 0.15) is 0 Å². The highest BCUT2D eigenvalue weighted by atomic mass is 16.5. The van der Waals surface area contributed by atoms with Gasteiger partial charge in [-0.05, 0) is 24.3 Å².